The van der Waals surface area contributed by atoms with Crippen LogP contribution in [0.25, 0.3) is 0 Å². The third kappa shape index (κ3) is 4.37. The highest BCUT2D eigenvalue weighted by molar-refractivity contribution is 5.95. The van der Waals surface area contributed by atoms with Crippen molar-refractivity contribution in [2.24, 2.45) is 11.7 Å². The molecule has 1 aromatic rings. The molecule has 0 fully saturated rings. The van der Waals surface area contributed by atoms with Crippen LogP contribution >= 0.6 is 0 Å². The lowest BCUT2D eigenvalue weighted by Gasteiger charge is -2.16. The molecule has 0 saturated heterocycles. The maximum atomic E-state index is 11.9. The van der Waals surface area contributed by atoms with Crippen LogP contribution in [0.4, 0.5) is 5.69 Å². The van der Waals surface area contributed by atoms with E-state index < -0.39 is 6.04 Å². The highest BCUT2D eigenvalue weighted by Crippen LogP contribution is 2.23. The van der Waals surface area contributed by atoms with E-state index in [-0.39, 0.29) is 5.91 Å². The Labute approximate surface area is 109 Å². The van der Waals surface area contributed by atoms with Crippen molar-refractivity contribution in [3.63, 3.8) is 0 Å². The Kier molecular flexibility index (Phi) is 5.65. The molecule has 100 valence electrons. The molecule has 1 atom stereocenters. The van der Waals surface area contributed by atoms with Crippen molar-refractivity contribution in [1.29, 1.82) is 0 Å². The molecule has 1 amide bonds. The van der Waals surface area contributed by atoms with E-state index >= 15 is 0 Å². The number of carbonyl (C=O) groups is 1. The number of nitrogens with two attached hydrogens (primary N) is 1. The Balaban J connectivity index is 2.69. The van der Waals surface area contributed by atoms with E-state index in [1.165, 1.54) is 0 Å². The summed E-state index contributed by atoms with van der Waals surface area (Å²) >= 11 is 0. The van der Waals surface area contributed by atoms with Crippen molar-refractivity contribution in [2.75, 3.05) is 11.9 Å². The molecule has 0 aliphatic heterocycles. The van der Waals surface area contributed by atoms with Crippen LogP contribution in [0.2, 0.25) is 0 Å². The predicted octanol–water partition coefficient (Wildman–Crippen LogP) is 2.40. The van der Waals surface area contributed by atoms with E-state index in [1.54, 1.807) is 0 Å². The lowest BCUT2D eigenvalue weighted by molar-refractivity contribution is -0.117. The fraction of sp³-hybridized carbons (Fsp3) is 0.500. The zero-order chi connectivity index (χ0) is 13.5. The van der Waals surface area contributed by atoms with Gasteiger partial charge < -0.3 is 15.8 Å². The van der Waals surface area contributed by atoms with E-state index in [4.69, 9.17) is 10.5 Å². The van der Waals surface area contributed by atoms with Gasteiger partial charge in [-0.15, -0.1) is 0 Å². The molecule has 4 heteroatoms. The van der Waals surface area contributed by atoms with Gasteiger partial charge in [-0.25, -0.2) is 0 Å². The summed E-state index contributed by atoms with van der Waals surface area (Å²) in [5.41, 5.74) is 6.51. The van der Waals surface area contributed by atoms with Crippen molar-refractivity contribution < 1.29 is 9.53 Å². The average Bonchev–Trinajstić information content (AvgIpc) is 2.31. The monoisotopic (exact) mass is 250 g/mol. The summed E-state index contributed by atoms with van der Waals surface area (Å²) in [6.07, 6.45) is 0.669. The number of carbonyl (C=O) groups excluding carboxylic acids is 1. The Morgan fingerprint density at radius 1 is 1.39 bits per heavy atom. The van der Waals surface area contributed by atoms with Crippen molar-refractivity contribution in [3.8, 4) is 5.75 Å². The molecule has 1 rings (SSSR count). The Morgan fingerprint density at radius 2 is 2.06 bits per heavy atom. The summed E-state index contributed by atoms with van der Waals surface area (Å²) in [6.45, 7) is 6.55. The standard InChI is InChI=1S/C14H22N2O2/c1-4-18-13-8-6-5-7-12(13)16-14(17)11(15)9-10(2)3/h5-8,10-11H,4,9,15H2,1-3H3,(H,16,17)/t11-/m1/s1. The summed E-state index contributed by atoms with van der Waals surface area (Å²) in [5, 5.41) is 2.81. The Hall–Kier alpha value is -1.55. The normalized spacial score (nSPS) is 12.3. The van der Waals surface area contributed by atoms with Gasteiger partial charge in [-0.3, -0.25) is 4.79 Å². The van der Waals surface area contributed by atoms with Crippen molar-refractivity contribution >= 4 is 11.6 Å². The number of amides is 1. The number of hydrogen-bond acceptors (Lipinski definition) is 3. The minimum absolute atomic E-state index is 0.171. The van der Waals surface area contributed by atoms with Gasteiger partial charge in [0, 0.05) is 0 Å². The zero-order valence-corrected chi connectivity index (χ0v) is 11.3. The van der Waals surface area contributed by atoms with Crippen LogP contribution in [0.15, 0.2) is 24.3 Å². The first-order valence-corrected chi connectivity index (χ1v) is 6.32. The number of anilines is 1. The van der Waals surface area contributed by atoms with E-state index in [2.05, 4.69) is 5.32 Å². The van der Waals surface area contributed by atoms with Crippen LogP contribution in [-0.4, -0.2) is 18.6 Å². The molecule has 0 aliphatic carbocycles. The van der Waals surface area contributed by atoms with Crippen molar-refractivity contribution in [2.45, 2.75) is 33.2 Å². The van der Waals surface area contributed by atoms with Gasteiger partial charge in [0.25, 0.3) is 0 Å². The predicted molar refractivity (Wildman–Crippen MR) is 73.7 cm³/mol. The van der Waals surface area contributed by atoms with Gasteiger partial charge in [-0.1, -0.05) is 26.0 Å². The third-order valence-corrected chi connectivity index (χ3v) is 2.51. The van der Waals surface area contributed by atoms with Gasteiger partial charge in [-0.05, 0) is 31.4 Å². The van der Waals surface area contributed by atoms with Gasteiger partial charge in [-0.2, -0.15) is 0 Å². The molecule has 0 aliphatic rings. The first kappa shape index (κ1) is 14.5. The molecule has 18 heavy (non-hydrogen) atoms. The second-order valence-corrected chi connectivity index (χ2v) is 4.65. The summed E-state index contributed by atoms with van der Waals surface area (Å²) in [7, 11) is 0. The minimum Gasteiger partial charge on any atom is -0.492 e. The SMILES string of the molecule is CCOc1ccccc1NC(=O)[C@H](N)CC(C)C. The van der Waals surface area contributed by atoms with Gasteiger partial charge >= 0.3 is 0 Å². The molecule has 4 nitrogen and oxygen atoms in total. The largest absolute Gasteiger partial charge is 0.492 e. The highest BCUT2D eigenvalue weighted by atomic mass is 16.5. The molecule has 0 radical (unpaired) electrons. The molecular formula is C14H22N2O2. The van der Waals surface area contributed by atoms with Crippen molar-refractivity contribution in [3.05, 3.63) is 24.3 Å². The fourth-order valence-electron chi connectivity index (χ4n) is 1.69. The second kappa shape index (κ2) is 7.01. The summed E-state index contributed by atoms with van der Waals surface area (Å²) in [5.74, 6) is 0.897. The van der Waals surface area contributed by atoms with Crippen LogP contribution < -0.4 is 15.8 Å². The van der Waals surface area contributed by atoms with Gasteiger partial charge in [0.15, 0.2) is 0 Å². The van der Waals surface area contributed by atoms with Gasteiger partial charge in [0.05, 0.1) is 18.3 Å². The van der Waals surface area contributed by atoms with Gasteiger partial charge in [0.1, 0.15) is 5.75 Å². The fourth-order valence-corrected chi connectivity index (χ4v) is 1.69. The van der Waals surface area contributed by atoms with E-state index in [0.717, 1.165) is 0 Å². The van der Waals surface area contributed by atoms with E-state index in [1.807, 2.05) is 45.0 Å². The average molecular weight is 250 g/mol. The number of para-hydroxylation sites is 2. The molecule has 3 N–H and O–H groups in total. The third-order valence-electron chi connectivity index (χ3n) is 2.51. The topological polar surface area (TPSA) is 64.3 Å². The van der Waals surface area contributed by atoms with Crippen LogP contribution in [0.5, 0.6) is 5.75 Å². The van der Waals surface area contributed by atoms with Crippen LogP contribution in [-0.2, 0) is 4.79 Å². The Bertz CT molecular complexity index is 391. The van der Waals surface area contributed by atoms with E-state index in [0.29, 0.717) is 30.4 Å². The quantitative estimate of drug-likeness (QED) is 0.814. The molecule has 0 saturated carbocycles. The molecular weight excluding hydrogens is 228 g/mol. The maximum Gasteiger partial charge on any atom is 0.241 e. The van der Waals surface area contributed by atoms with Crippen molar-refractivity contribution in [1.82, 2.24) is 0 Å². The van der Waals surface area contributed by atoms with Crippen LogP contribution in [0.1, 0.15) is 27.2 Å². The Morgan fingerprint density at radius 3 is 2.67 bits per heavy atom. The first-order valence-electron chi connectivity index (χ1n) is 6.32. The summed E-state index contributed by atoms with van der Waals surface area (Å²) in [4.78, 5) is 11.9. The summed E-state index contributed by atoms with van der Waals surface area (Å²) in [6, 6.07) is 6.87. The number of nitrogens with one attached hydrogen (secondary N) is 1. The number of ether oxygens (including phenoxy) is 1. The maximum absolute atomic E-state index is 11.9. The number of hydrogen-bond donors (Lipinski definition) is 2. The van der Waals surface area contributed by atoms with Crippen LogP contribution in [0, 0.1) is 5.92 Å². The lowest BCUT2D eigenvalue weighted by atomic mass is 10.0. The minimum atomic E-state index is -0.486. The van der Waals surface area contributed by atoms with Gasteiger partial charge in [0.2, 0.25) is 5.91 Å². The highest BCUT2D eigenvalue weighted by Gasteiger charge is 2.16. The molecule has 0 spiro atoms. The lowest BCUT2D eigenvalue weighted by Crippen LogP contribution is -2.36. The second-order valence-electron chi connectivity index (χ2n) is 4.65. The molecule has 0 unspecified atom stereocenters. The number of rotatable bonds is 6. The smallest absolute Gasteiger partial charge is 0.241 e. The van der Waals surface area contributed by atoms with E-state index in [9.17, 15) is 4.79 Å². The zero-order valence-electron chi connectivity index (χ0n) is 11.3. The number of benzene rings is 1. The van der Waals surface area contributed by atoms with Crippen LogP contribution in [0.3, 0.4) is 0 Å². The molecule has 0 bridgehead atoms. The first-order chi connectivity index (χ1) is 8.54. The molecule has 0 aromatic heterocycles. The summed E-state index contributed by atoms with van der Waals surface area (Å²) < 4.78 is 5.44. The molecule has 0 heterocycles. The molecule has 1 aromatic carbocycles.